The molecule has 0 amide bonds. The van der Waals surface area contributed by atoms with Crippen LogP contribution in [0.1, 0.15) is 22.0 Å². The molecule has 1 N–H and O–H groups in total. The number of rotatable bonds is 5. The Labute approximate surface area is 132 Å². The molecule has 0 fully saturated rings. The number of benzene rings is 1. The summed E-state index contributed by atoms with van der Waals surface area (Å²) in [4.78, 5) is 1.24. The third-order valence-electron chi connectivity index (χ3n) is 3.20. The van der Waals surface area contributed by atoms with Crippen molar-refractivity contribution in [1.82, 2.24) is 5.32 Å². The Morgan fingerprint density at radius 2 is 1.95 bits per heavy atom. The molecule has 108 valence electrons. The van der Waals surface area contributed by atoms with E-state index in [0.717, 1.165) is 20.8 Å². The Morgan fingerprint density at radius 1 is 1.20 bits per heavy atom. The maximum atomic E-state index is 5.48. The number of aryl methyl sites for hydroxylation is 1. The molecule has 0 bridgehead atoms. The molecular formula is C15H18BrNO2S. The van der Waals surface area contributed by atoms with E-state index in [1.165, 1.54) is 10.4 Å². The third kappa shape index (κ3) is 3.00. The van der Waals surface area contributed by atoms with Gasteiger partial charge in [0.05, 0.1) is 24.0 Å². The van der Waals surface area contributed by atoms with Gasteiger partial charge in [-0.25, -0.2) is 0 Å². The molecule has 20 heavy (non-hydrogen) atoms. The maximum Gasteiger partial charge on any atom is 0.124 e. The second-order valence-corrected chi connectivity index (χ2v) is 6.84. The van der Waals surface area contributed by atoms with Gasteiger partial charge in [0.2, 0.25) is 0 Å². The van der Waals surface area contributed by atoms with Gasteiger partial charge in [-0.15, -0.1) is 11.3 Å². The van der Waals surface area contributed by atoms with Crippen LogP contribution in [0.4, 0.5) is 0 Å². The van der Waals surface area contributed by atoms with Crippen LogP contribution < -0.4 is 14.8 Å². The predicted molar refractivity (Wildman–Crippen MR) is 87.2 cm³/mol. The average Bonchev–Trinajstić information content (AvgIpc) is 2.79. The van der Waals surface area contributed by atoms with Gasteiger partial charge in [0.15, 0.2) is 0 Å². The fourth-order valence-corrected chi connectivity index (χ4v) is 3.84. The van der Waals surface area contributed by atoms with Gasteiger partial charge >= 0.3 is 0 Å². The van der Waals surface area contributed by atoms with Crippen molar-refractivity contribution in [2.45, 2.75) is 13.0 Å². The summed E-state index contributed by atoms with van der Waals surface area (Å²) >= 11 is 5.32. The van der Waals surface area contributed by atoms with Gasteiger partial charge in [0, 0.05) is 10.4 Å². The van der Waals surface area contributed by atoms with Crippen LogP contribution in [0, 0.1) is 6.92 Å². The molecule has 1 heterocycles. The van der Waals surface area contributed by atoms with E-state index < -0.39 is 0 Å². The summed E-state index contributed by atoms with van der Waals surface area (Å²) < 4.78 is 12.0. The molecule has 0 saturated heterocycles. The molecule has 0 aliphatic carbocycles. The zero-order valence-corrected chi connectivity index (χ0v) is 14.4. The highest BCUT2D eigenvalue weighted by atomic mass is 79.9. The van der Waals surface area contributed by atoms with Gasteiger partial charge in [-0.3, -0.25) is 0 Å². The number of methoxy groups -OCH3 is 2. The fraction of sp³-hybridized carbons (Fsp3) is 0.333. The van der Waals surface area contributed by atoms with E-state index in [9.17, 15) is 0 Å². The zero-order valence-electron chi connectivity index (χ0n) is 12.0. The predicted octanol–water partition coefficient (Wildman–Crippen LogP) is 4.15. The van der Waals surface area contributed by atoms with E-state index >= 15 is 0 Å². The summed E-state index contributed by atoms with van der Waals surface area (Å²) in [7, 11) is 5.31. The smallest absolute Gasteiger partial charge is 0.124 e. The fourth-order valence-electron chi connectivity index (χ4n) is 2.14. The number of thiophene rings is 1. The topological polar surface area (TPSA) is 30.5 Å². The summed E-state index contributed by atoms with van der Waals surface area (Å²) in [5.41, 5.74) is 2.32. The number of hydrogen-bond donors (Lipinski definition) is 1. The van der Waals surface area contributed by atoms with Crippen LogP contribution in [0.5, 0.6) is 11.5 Å². The first-order valence-electron chi connectivity index (χ1n) is 6.25. The Bertz CT molecular complexity index is 578. The van der Waals surface area contributed by atoms with Gasteiger partial charge in [0.1, 0.15) is 11.5 Å². The number of nitrogens with one attached hydrogen (secondary N) is 1. The lowest BCUT2D eigenvalue weighted by Gasteiger charge is -2.19. The Hall–Kier alpha value is -1.04. The summed E-state index contributed by atoms with van der Waals surface area (Å²) in [5.74, 6) is 1.68. The molecule has 3 nitrogen and oxygen atoms in total. The zero-order chi connectivity index (χ0) is 14.7. The summed E-state index contributed by atoms with van der Waals surface area (Å²) in [6.07, 6.45) is 0. The molecule has 1 aromatic heterocycles. The van der Waals surface area contributed by atoms with E-state index in [1.54, 1.807) is 25.6 Å². The highest BCUT2D eigenvalue weighted by Crippen LogP contribution is 2.38. The van der Waals surface area contributed by atoms with Crippen LogP contribution in [0.25, 0.3) is 0 Å². The van der Waals surface area contributed by atoms with E-state index in [2.05, 4.69) is 34.2 Å². The molecule has 0 aliphatic heterocycles. The Balaban J connectivity index is 2.50. The van der Waals surface area contributed by atoms with Gasteiger partial charge in [-0.2, -0.15) is 0 Å². The first-order valence-corrected chi connectivity index (χ1v) is 7.86. The van der Waals surface area contributed by atoms with Crippen molar-refractivity contribution < 1.29 is 9.47 Å². The summed E-state index contributed by atoms with van der Waals surface area (Å²) in [6.45, 7) is 2.10. The van der Waals surface area contributed by atoms with Gasteiger partial charge < -0.3 is 14.8 Å². The largest absolute Gasteiger partial charge is 0.497 e. The minimum Gasteiger partial charge on any atom is -0.497 e. The first kappa shape index (κ1) is 15.4. The average molecular weight is 356 g/mol. The van der Waals surface area contributed by atoms with Gasteiger partial charge in [-0.1, -0.05) is 0 Å². The lowest BCUT2D eigenvalue weighted by atomic mass is 10.0. The van der Waals surface area contributed by atoms with E-state index in [1.807, 2.05) is 25.2 Å². The molecule has 1 unspecified atom stereocenters. The monoisotopic (exact) mass is 355 g/mol. The Morgan fingerprint density at radius 3 is 2.45 bits per heavy atom. The SMILES string of the molecule is CNC(c1cc(C)c(Br)s1)c1cc(OC)ccc1OC. The molecule has 5 heteroatoms. The number of hydrogen-bond acceptors (Lipinski definition) is 4. The van der Waals surface area contributed by atoms with Crippen molar-refractivity contribution in [3.8, 4) is 11.5 Å². The quantitative estimate of drug-likeness (QED) is 0.873. The molecule has 2 rings (SSSR count). The molecule has 0 radical (unpaired) electrons. The standard InChI is InChI=1S/C15H18BrNO2S/c1-9-7-13(20-15(9)16)14(17-2)11-8-10(18-3)5-6-12(11)19-4/h5-8,14,17H,1-4H3. The van der Waals surface area contributed by atoms with E-state index in [-0.39, 0.29) is 6.04 Å². The molecule has 0 spiro atoms. The van der Waals surface area contributed by atoms with E-state index in [0.29, 0.717) is 0 Å². The Kier molecular flexibility index (Phi) is 5.07. The second-order valence-electron chi connectivity index (χ2n) is 4.44. The van der Waals surface area contributed by atoms with E-state index in [4.69, 9.17) is 9.47 Å². The minimum absolute atomic E-state index is 0.0787. The lowest BCUT2D eigenvalue weighted by molar-refractivity contribution is 0.395. The minimum atomic E-state index is 0.0787. The van der Waals surface area contributed by atoms with Crippen LogP contribution in [-0.2, 0) is 0 Å². The third-order valence-corrected chi connectivity index (χ3v) is 5.40. The van der Waals surface area contributed by atoms with Crippen LogP contribution in [-0.4, -0.2) is 21.3 Å². The second kappa shape index (κ2) is 6.61. The number of halogens is 1. The molecule has 1 aromatic carbocycles. The summed E-state index contributed by atoms with van der Waals surface area (Å²) in [6, 6.07) is 8.13. The highest BCUT2D eigenvalue weighted by Gasteiger charge is 2.20. The van der Waals surface area contributed by atoms with Crippen LogP contribution >= 0.6 is 27.3 Å². The molecule has 0 saturated carbocycles. The van der Waals surface area contributed by atoms with Crippen molar-refractivity contribution in [1.29, 1.82) is 0 Å². The van der Waals surface area contributed by atoms with Crippen molar-refractivity contribution >= 4 is 27.3 Å². The van der Waals surface area contributed by atoms with Gasteiger partial charge in [-0.05, 0) is 59.7 Å². The lowest BCUT2D eigenvalue weighted by Crippen LogP contribution is -2.17. The molecule has 0 aliphatic rings. The van der Waals surface area contributed by atoms with Crippen LogP contribution in [0.2, 0.25) is 0 Å². The van der Waals surface area contributed by atoms with Gasteiger partial charge in [0.25, 0.3) is 0 Å². The molecule has 2 aromatic rings. The summed E-state index contributed by atoms with van der Waals surface area (Å²) in [5, 5.41) is 3.36. The van der Waals surface area contributed by atoms with Crippen molar-refractivity contribution in [3.05, 3.63) is 44.1 Å². The highest BCUT2D eigenvalue weighted by molar-refractivity contribution is 9.11. The number of ether oxygens (including phenoxy) is 2. The molecule has 1 atom stereocenters. The first-order chi connectivity index (χ1) is 9.60. The van der Waals surface area contributed by atoms with Crippen molar-refractivity contribution in [3.63, 3.8) is 0 Å². The maximum absolute atomic E-state index is 5.48. The van der Waals surface area contributed by atoms with Crippen molar-refractivity contribution in [2.24, 2.45) is 0 Å². The normalized spacial score (nSPS) is 12.2. The van der Waals surface area contributed by atoms with Crippen LogP contribution in [0.3, 0.4) is 0 Å². The molecular weight excluding hydrogens is 338 g/mol. The van der Waals surface area contributed by atoms with Crippen molar-refractivity contribution in [2.75, 3.05) is 21.3 Å². The van der Waals surface area contributed by atoms with Crippen LogP contribution in [0.15, 0.2) is 28.1 Å².